The van der Waals surface area contributed by atoms with Crippen molar-refractivity contribution in [1.29, 1.82) is 0 Å². The third kappa shape index (κ3) is 5.46. The van der Waals surface area contributed by atoms with Gasteiger partial charge in [0.2, 0.25) is 0 Å². The highest BCUT2D eigenvalue weighted by molar-refractivity contribution is 6.35. The summed E-state index contributed by atoms with van der Waals surface area (Å²) in [5.74, 6) is 1.48. The van der Waals surface area contributed by atoms with E-state index < -0.39 is 5.60 Å². The van der Waals surface area contributed by atoms with Crippen molar-refractivity contribution in [1.82, 2.24) is 24.9 Å². The Balaban J connectivity index is 1.55. The second-order valence-corrected chi connectivity index (χ2v) is 10.0. The first-order chi connectivity index (χ1) is 18.3. The highest BCUT2D eigenvalue weighted by Gasteiger charge is 2.27. The Labute approximate surface area is 225 Å². The second kappa shape index (κ2) is 10.8. The Morgan fingerprint density at radius 1 is 1.00 bits per heavy atom. The fraction of sp³-hybridized carbons (Fsp3) is 0.241. The van der Waals surface area contributed by atoms with E-state index in [1.807, 2.05) is 60.1 Å². The molecule has 5 aromatic rings. The van der Waals surface area contributed by atoms with Crippen LogP contribution in [0.3, 0.4) is 0 Å². The highest BCUT2D eigenvalue weighted by Crippen LogP contribution is 2.43. The smallest absolute Gasteiger partial charge is 0.181 e. The number of rotatable bonds is 9. The van der Waals surface area contributed by atoms with Crippen LogP contribution < -0.4 is 4.74 Å². The summed E-state index contributed by atoms with van der Waals surface area (Å²) < 4.78 is 13.8. The van der Waals surface area contributed by atoms with Crippen LogP contribution in [0.5, 0.6) is 5.75 Å². The molecular weight excluding hydrogens is 502 g/mol. The molecule has 0 aliphatic carbocycles. The zero-order valence-corrected chi connectivity index (χ0v) is 22.2. The van der Waals surface area contributed by atoms with Crippen LogP contribution in [0.15, 0.2) is 77.7 Å². The molecule has 0 amide bonds. The average molecular weight is 530 g/mol. The third-order valence-electron chi connectivity index (χ3n) is 6.22. The molecule has 0 bridgehead atoms. The number of benzene rings is 2. The molecule has 8 nitrogen and oxygen atoms in total. The van der Waals surface area contributed by atoms with Crippen molar-refractivity contribution in [3.05, 3.63) is 89.5 Å². The van der Waals surface area contributed by atoms with Gasteiger partial charge in [0.05, 0.1) is 27.9 Å². The summed E-state index contributed by atoms with van der Waals surface area (Å²) >= 11 is 6.86. The molecule has 5 rings (SSSR count). The zero-order valence-electron chi connectivity index (χ0n) is 21.4. The molecule has 3 heterocycles. The number of halogens is 1. The molecule has 0 saturated carbocycles. The summed E-state index contributed by atoms with van der Waals surface area (Å²) in [6.45, 7) is 6.45. The minimum absolute atomic E-state index is 0.381. The Bertz CT molecular complexity index is 1530. The van der Waals surface area contributed by atoms with E-state index in [1.165, 1.54) is 0 Å². The maximum atomic E-state index is 10.2. The van der Waals surface area contributed by atoms with Gasteiger partial charge in [0.1, 0.15) is 18.1 Å². The fourth-order valence-corrected chi connectivity index (χ4v) is 4.38. The van der Waals surface area contributed by atoms with Crippen molar-refractivity contribution in [3.8, 4) is 39.7 Å². The predicted molar refractivity (Wildman–Crippen MR) is 146 cm³/mol. The maximum Gasteiger partial charge on any atom is 0.181 e. The van der Waals surface area contributed by atoms with Crippen molar-refractivity contribution in [2.75, 3.05) is 0 Å². The summed E-state index contributed by atoms with van der Waals surface area (Å²) in [5, 5.41) is 19.5. The fourth-order valence-electron chi connectivity index (χ4n) is 4.11. The lowest BCUT2D eigenvalue weighted by molar-refractivity contribution is 0.0649. The molecule has 0 radical (unpaired) electrons. The molecule has 0 spiro atoms. The van der Waals surface area contributed by atoms with Crippen molar-refractivity contribution in [3.63, 3.8) is 0 Å². The molecule has 2 aromatic carbocycles. The van der Waals surface area contributed by atoms with E-state index in [2.05, 4.69) is 20.2 Å². The lowest BCUT2D eigenvalue weighted by Crippen LogP contribution is -2.21. The largest absolute Gasteiger partial charge is 0.487 e. The predicted octanol–water partition coefficient (Wildman–Crippen LogP) is 6.36. The lowest BCUT2D eigenvalue weighted by atomic mass is 10.0. The summed E-state index contributed by atoms with van der Waals surface area (Å²) in [6, 6.07) is 17.2. The van der Waals surface area contributed by atoms with E-state index in [0.717, 1.165) is 16.8 Å². The molecule has 0 atom stereocenters. The molecule has 0 aliphatic rings. The standard InChI is InChI=1S/C29H28ClN5O3/c1-19-22(17-33-35(19)16-13-29(2,3)36)27-24(28-31-14-8-15-32-28)26(34-38-27)21-11-7-12-23(25(21)30)37-18-20-9-5-4-6-10-20/h4-12,14-15,17,36H,13,16,18H2,1-3H3. The monoisotopic (exact) mass is 529 g/mol. The quantitative estimate of drug-likeness (QED) is 0.237. The van der Waals surface area contributed by atoms with Crippen LogP contribution in [-0.4, -0.2) is 35.6 Å². The van der Waals surface area contributed by atoms with E-state index in [9.17, 15) is 5.11 Å². The maximum absolute atomic E-state index is 10.2. The molecule has 194 valence electrons. The van der Waals surface area contributed by atoms with Crippen LogP contribution in [-0.2, 0) is 13.2 Å². The van der Waals surface area contributed by atoms with Gasteiger partial charge in [-0.2, -0.15) is 5.10 Å². The van der Waals surface area contributed by atoms with E-state index in [4.69, 9.17) is 20.9 Å². The molecule has 0 unspecified atom stereocenters. The summed E-state index contributed by atoms with van der Waals surface area (Å²) in [5.41, 5.74) is 3.62. The van der Waals surface area contributed by atoms with Crippen LogP contribution in [0.25, 0.3) is 34.0 Å². The lowest BCUT2D eigenvalue weighted by Gasteiger charge is -2.17. The molecule has 0 saturated heterocycles. The Kier molecular flexibility index (Phi) is 7.26. The number of aryl methyl sites for hydroxylation is 1. The van der Waals surface area contributed by atoms with Gasteiger partial charge in [-0.15, -0.1) is 0 Å². The third-order valence-corrected chi connectivity index (χ3v) is 6.61. The van der Waals surface area contributed by atoms with Crippen LogP contribution in [0.1, 0.15) is 31.5 Å². The van der Waals surface area contributed by atoms with Gasteiger partial charge in [-0.25, -0.2) is 9.97 Å². The van der Waals surface area contributed by atoms with Crippen LogP contribution >= 0.6 is 11.6 Å². The molecule has 1 N–H and O–H groups in total. The van der Waals surface area contributed by atoms with Gasteiger partial charge >= 0.3 is 0 Å². The number of hydrogen-bond acceptors (Lipinski definition) is 7. The van der Waals surface area contributed by atoms with Crippen molar-refractivity contribution >= 4 is 11.6 Å². The second-order valence-electron chi connectivity index (χ2n) is 9.63. The summed E-state index contributed by atoms with van der Waals surface area (Å²) in [6.07, 6.45) is 5.63. The minimum atomic E-state index is -0.800. The number of nitrogens with zero attached hydrogens (tertiary/aromatic N) is 5. The molecular formula is C29H28ClN5O3. The van der Waals surface area contributed by atoms with Gasteiger partial charge in [-0.05, 0) is 44.9 Å². The van der Waals surface area contributed by atoms with Crippen molar-refractivity contribution in [2.45, 2.75) is 45.9 Å². The number of ether oxygens (including phenoxy) is 1. The molecule has 38 heavy (non-hydrogen) atoms. The van der Waals surface area contributed by atoms with Gasteiger partial charge in [0, 0.05) is 30.2 Å². The molecule has 0 aliphatic heterocycles. The highest BCUT2D eigenvalue weighted by atomic mass is 35.5. The van der Waals surface area contributed by atoms with Gasteiger partial charge in [0.25, 0.3) is 0 Å². The normalized spacial score (nSPS) is 11.6. The first-order valence-electron chi connectivity index (χ1n) is 12.3. The van der Waals surface area contributed by atoms with Gasteiger partial charge in [0.15, 0.2) is 11.6 Å². The van der Waals surface area contributed by atoms with Gasteiger partial charge in [-0.3, -0.25) is 4.68 Å². The van der Waals surface area contributed by atoms with Crippen molar-refractivity contribution < 1.29 is 14.4 Å². The Hall–Kier alpha value is -4.01. The Morgan fingerprint density at radius 2 is 1.76 bits per heavy atom. The van der Waals surface area contributed by atoms with Gasteiger partial charge < -0.3 is 14.4 Å². The Morgan fingerprint density at radius 3 is 2.50 bits per heavy atom. The first kappa shape index (κ1) is 25.6. The molecule has 9 heteroatoms. The number of aliphatic hydroxyl groups is 1. The van der Waals surface area contributed by atoms with E-state index >= 15 is 0 Å². The number of hydrogen-bond donors (Lipinski definition) is 1. The summed E-state index contributed by atoms with van der Waals surface area (Å²) in [4.78, 5) is 8.96. The van der Waals surface area contributed by atoms with E-state index in [1.54, 1.807) is 38.5 Å². The van der Waals surface area contributed by atoms with Crippen LogP contribution in [0, 0.1) is 6.92 Å². The van der Waals surface area contributed by atoms with E-state index in [-0.39, 0.29) is 0 Å². The number of aromatic nitrogens is 5. The first-order valence-corrected chi connectivity index (χ1v) is 12.7. The minimum Gasteiger partial charge on any atom is -0.487 e. The topological polar surface area (TPSA) is 99.1 Å². The van der Waals surface area contributed by atoms with Crippen LogP contribution in [0.2, 0.25) is 5.02 Å². The summed E-state index contributed by atoms with van der Waals surface area (Å²) in [7, 11) is 0. The van der Waals surface area contributed by atoms with Gasteiger partial charge in [-0.1, -0.05) is 59.2 Å². The zero-order chi connectivity index (χ0) is 26.7. The van der Waals surface area contributed by atoms with Crippen molar-refractivity contribution in [2.24, 2.45) is 0 Å². The average Bonchev–Trinajstić information content (AvgIpc) is 3.50. The SMILES string of the molecule is Cc1c(-c2onc(-c3cccc(OCc4ccccc4)c3Cl)c2-c2ncccn2)cnn1CCC(C)(C)O. The van der Waals surface area contributed by atoms with Crippen LogP contribution in [0.4, 0.5) is 0 Å². The molecule has 0 fully saturated rings. The molecule has 3 aromatic heterocycles. The van der Waals surface area contributed by atoms with E-state index in [0.29, 0.717) is 58.8 Å².